The van der Waals surface area contributed by atoms with E-state index in [9.17, 15) is 0 Å². The Morgan fingerprint density at radius 3 is 2.52 bits per heavy atom. The van der Waals surface area contributed by atoms with E-state index >= 15 is 0 Å². The standard InChI is InChI=1S/C18H25NOS/c1-13(2)12-20-16-8-5-7-15(11-16)19-18(14(3)4)17-9-6-10-21-17/h5-11,13-14,18-19H,12H2,1-4H3. The lowest BCUT2D eigenvalue weighted by molar-refractivity contribution is 0.271. The van der Waals surface area contributed by atoms with Gasteiger partial charge in [0.1, 0.15) is 5.75 Å². The Labute approximate surface area is 132 Å². The van der Waals surface area contributed by atoms with Gasteiger partial charge in [-0.15, -0.1) is 11.3 Å². The third-order valence-corrected chi connectivity index (χ3v) is 4.21. The van der Waals surface area contributed by atoms with Gasteiger partial charge in [-0.05, 0) is 35.4 Å². The highest BCUT2D eigenvalue weighted by Gasteiger charge is 2.16. The van der Waals surface area contributed by atoms with Gasteiger partial charge in [0.05, 0.1) is 12.6 Å². The van der Waals surface area contributed by atoms with Crippen molar-refractivity contribution >= 4 is 17.0 Å². The molecule has 0 spiro atoms. The van der Waals surface area contributed by atoms with Crippen LogP contribution >= 0.6 is 11.3 Å². The topological polar surface area (TPSA) is 21.3 Å². The molecule has 1 unspecified atom stereocenters. The van der Waals surface area contributed by atoms with Crippen LogP contribution in [0.5, 0.6) is 5.75 Å². The fraction of sp³-hybridized carbons (Fsp3) is 0.444. The molecule has 0 fully saturated rings. The summed E-state index contributed by atoms with van der Waals surface area (Å²) in [6, 6.07) is 12.9. The van der Waals surface area contributed by atoms with E-state index in [0.29, 0.717) is 17.9 Å². The molecule has 2 aromatic rings. The molecular weight excluding hydrogens is 278 g/mol. The Balaban J connectivity index is 2.08. The molecule has 0 saturated carbocycles. The minimum absolute atomic E-state index is 0.338. The third-order valence-electron chi connectivity index (χ3n) is 3.26. The van der Waals surface area contributed by atoms with Crippen LogP contribution in [0.25, 0.3) is 0 Å². The number of ether oxygens (including phenoxy) is 1. The molecule has 0 aliphatic heterocycles. The molecule has 3 heteroatoms. The first-order valence-corrected chi connectivity index (χ1v) is 8.47. The summed E-state index contributed by atoms with van der Waals surface area (Å²) in [5, 5.41) is 5.77. The van der Waals surface area contributed by atoms with E-state index in [4.69, 9.17) is 4.74 Å². The van der Waals surface area contributed by atoms with Crippen molar-refractivity contribution < 1.29 is 4.74 Å². The zero-order chi connectivity index (χ0) is 15.2. The summed E-state index contributed by atoms with van der Waals surface area (Å²) in [6.07, 6.45) is 0. The summed E-state index contributed by atoms with van der Waals surface area (Å²) >= 11 is 1.80. The highest BCUT2D eigenvalue weighted by Crippen LogP contribution is 2.30. The van der Waals surface area contributed by atoms with Gasteiger partial charge >= 0.3 is 0 Å². The van der Waals surface area contributed by atoms with Crippen molar-refractivity contribution in [1.29, 1.82) is 0 Å². The van der Waals surface area contributed by atoms with Gasteiger partial charge in [-0.1, -0.05) is 39.8 Å². The molecule has 0 saturated heterocycles. The fourth-order valence-electron chi connectivity index (χ4n) is 2.15. The van der Waals surface area contributed by atoms with Crippen LogP contribution in [0.1, 0.15) is 38.6 Å². The number of hydrogen-bond acceptors (Lipinski definition) is 3. The highest BCUT2D eigenvalue weighted by atomic mass is 32.1. The molecule has 0 amide bonds. The summed E-state index contributed by atoms with van der Waals surface area (Å²) in [4.78, 5) is 1.37. The Kier molecular flexibility index (Phi) is 5.68. The number of hydrogen-bond donors (Lipinski definition) is 1. The van der Waals surface area contributed by atoms with E-state index in [-0.39, 0.29) is 0 Å². The minimum Gasteiger partial charge on any atom is -0.493 e. The van der Waals surface area contributed by atoms with Gasteiger partial charge in [0.25, 0.3) is 0 Å². The van der Waals surface area contributed by atoms with E-state index in [0.717, 1.165) is 18.0 Å². The normalized spacial score (nSPS) is 12.7. The molecule has 0 bridgehead atoms. The van der Waals surface area contributed by atoms with Crippen LogP contribution in [-0.4, -0.2) is 6.61 Å². The molecule has 21 heavy (non-hydrogen) atoms. The van der Waals surface area contributed by atoms with Crippen LogP contribution in [0.4, 0.5) is 5.69 Å². The largest absolute Gasteiger partial charge is 0.493 e. The molecule has 0 radical (unpaired) electrons. The van der Waals surface area contributed by atoms with Crippen molar-refractivity contribution in [2.75, 3.05) is 11.9 Å². The average molecular weight is 303 g/mol. The molecule has 0 aliphatic rings. The highest BCUT2D eigenvalue weighted by molar-refractivity contribution is 7.10. The average Bonchev–Trinajstić information content (AvgIpc) is 2.96. The fourth-order valence-corrected chi connectivity index (χ4v) is 3.10. The number of anilines is 1. The van der Waals surface area contributed by atoms with Crippen molar-refractivity contribution in [1.82, 2.24) is 0 Å². The Morgan fingerprint density at radius 1 is 1.10 bits per heavy atom. The minimum atomic E-state index is 0.338. The molecule has 114 valence electrons. The summed E-state index contributed by atoms with van der Waals surface area (Å²) in [5.41, 5.74) is 1.11. The first-order valence-electron chi connectivity index (χ1n) is 7.59. The summed E-state index contributed by atoms with van der Waals surface area (Å²) < 4.78 is 5.80. The number of thiophene rings is 1. The molecule has 1 aromatic heterocycles. The van der Waals surface area contributed by atoms with Crippen molar-refractivity contribution in [3.63, 3.8) is 0 Å². The van der Waals surface area contributed by atoms with Gasteiger partial charge in [-0.2, -0.15) is 0 Å². The first kappa shape index (κ1) is 15.9. The predicted octanol–water partition coefficient (Wildman–Crippen LogP) is 5.59. The third kappa shape index (κ3) is 4.78. The number of benzene rings is 1. The maximum atomic E-state index is 5.80. The van der Waals surface area contributed by atoms with Gasteiger partial charge in [-0.3, -0.25) is 0 Å². The zero-order valence-electron chi connectivity index (χ0n) is 13.3. The quantitative estimate of drug-likeness (QED) is 0.719. The molecule has 2 nitrogen and oxygen atoms in total. The second-order valence-electron chi connectivity index (χ2n) is 6.11. The summed E-state index contributed by atoms with van der Waals surface area (Å²) in [6.45, 7) is 9.57. The van der Waals surface area contributed by atoms with Crippen LogP contribution in [-0.2, 0) is 0 Å². The van der Waals surface area contributed by atoms with Crippen LogP contribution in [0.3, 0.4) is 0 Å². The molecule has 0 aliphatic carbocycles. The Hall–Kier alpha value is -1.48. The smallest absolute Gasteiger partial charge is 0.121 e. The molecule has 2 rings (SSSR count). The van der Waals surface area contributed by atoms with E-state index in [1.165, 1.54) is 4.88 Å². The molecule has 1 heterocycles. The van der Waals surface area contributed by atoms with Crippen molar-refractivity contribution in [3.05, 3.63) is 46.7 Å². The lowest BCUT2D eigenvalue weighted by atomic mass is 10.0. The van der Waals surface area contributed by atoms with Gasteiger partial charge in [-0.25, -0.2) is 0 Å². The van der Waals surface area contributed by atoms with Gasteiger partial charge in [0.2, 0.25) is 0 Å². The Bertz CT molecular complexity index is 534. The number of nitrogens with one attached hydrogen (secondary N) is 1. The molecular formula is C18H25NOS. The molecule has 1 aromatic carbocycles. The maximum absolute atomic E-state index is 5.80. The molecule has 1 atom stereocenters. The van der Waals surface area contributed by atoms with Crippen LogP contribution < -0.4 is 10.1 Å². The van der Waals surface area contributed by atoms with E-state index in [1.54, 1.807) is 11.3 Å². The summed E-state index contributed by atoms with van der Waals surface area (Å²) in [5.74, 6) is 2.00. The van der Waals surface area contributed by atoms with E-state index in [1.807, 2.05) is 12.1 Å². The predicted molar refractivity (Wildman–Crippen MR) is 92.3 cm³/mol. The zero-order valence-corrected chi connectivity index (χ0v) is 14.1. The van der Waals surface area contributed by atoms with Crippen molar-refractivity contribution in [2.45, 2.75) is 33.7 Å². The number of rotatable bonds is 7. The first-order chi connectivity index (χ1) is 10.1. The second-order valence-corrected chi connectivity index (χ2v) is 7.09. The van der Waals surface area contributed by atoms with Gasteiger partial charge in [0, 0.05) is 16.6 Å². The van der Waals surface area contributed by atoms with E-state index < -0.39 is 0 Å². The van der Waals surface area contributed by atoms with Crippen molar-refractivity contribution in [2.24, 2.45) is 11.8 Å². The van der Waals surface area contributed by atoms with Crippen LogP contribution in [0.15, 0.2) is 41.8 Å². The monoisotopic (exact) mass is 303 g/mol. The van der Waals surface area contributed by atoms with Gasteiger partial charge in [0.15, 0.2) is 0 Å². The SMILES string of the molecule is CC(C)COc1cccc(NC(c2cccs2)C(C)C)c1. The Morgan fingerprint density at radius 2 is 1.90 bits per heavy atom. The van der Waals surface area contributed by atoms with Crippen LogP contribution in [0, 0.1) is 11.8 Å². The summed E-state index contributed by atoms with van der Waals surface area (Å²) in [7, 11) is 0. The van der Waals surface area contributed by atoms with E-state index in [2.05, 4.69) is 62.7 Å². The lowest BCUT2D eigenvalue weighted by Crippen LogP contribution is -2.15. The maximum Gasteiger partial charge on any atom is 0.121 e. The van der Waals surface area contributed by atoms with Crippen LogP contribution in [0.2, 0.25) is 0 Å². The lowest BCUT2D eigenvalue weighted by Gasteiger charge is -2.23. The molecule has 1 N–H and O–H groups in total. The van der Waals surface area contributed by atoms with Gasteiger partial charge < -0.3 is 10.1 Å². The second kappa shape index (κ2) is 7.51. The van der Waals surface area contributed by atoms with Crippen molar-refractivity contribution in [3.8, 4) is 5.75 Å².